The minimum atomic E-state index is 0.170. The summed E-state index contributed by atoms with van der Waals surface area (Å²) in [5, 5.41) is 22.8. The largest absolute Gasteiger partial charge is 0.507 e. The second-order valence-electron chi connectivity index (χ2n) is 4.68. The van der Waals surface area contributed by atoms with Crippen LogP contribution in [0.2, 0.25) is 0 Å². The van der Waals surface area contributed by atoms with E-state index in [0.717, 1.165) is 10.2 Å². The molecule has 5 nitrogen and oxygen atoms in total. The molecule has 1 N–H and O–H groups in total. The predicted molar refractivity (Wildman–Crippen MR) is 94.8 cm³/mol. The molecular formula is C16H13BrN4OS. The molecule has 0 aliphatic heterocycles. The Kier molecular flexibility index (Phi) is 5.09. The van der Waals surface area contributed by atoms with E-state index in [9.17, 15) is 5.11 Å². The lowest BCUT2D eigenvalue weighted by molar-refractivity contribution is 0.474. The number of hydrogen-bond donors (Lipinski definition) is 1. The number of thioether (sulfide) groups is 1. The number of benzene rings is 2. The number of aromatic hydroxyl groups is 1. The Balaban J connectivity index is 1.73. The Bertz CT molecular complexity index is 820. The molecule has 0 unspecified atom stereocenters. The number of phenolic OH excluding ortho intramolecular Hbond substituents is 1. The third kappa shape index (κ3) is 4.20. The number of phenols is 1. The fourth-order valence-electron chi connectivity index (χ4n) is 1.87. The molecule has 0 atom stereocenters. The van der Waals surface area contributed by atoms with Crippen LogP contribution in [0.15, 0.2) is 69.6 Å². The lowest BCUT2D eigenvalue weighted by Crippen LogP contribution is -1.93. The summed E-state index contributed by atoms with van der Waals surface area (Å²) in [5.74, 6) is 0.959. The van der Waals surface area contributed by atoms with Crippen molar-refractivity contribution in [2.24, 2.45) is 5.10 Å². The van der Waals surface area contributed by atoms with Gasteiger partial charge in [0.25, 0.3) is 0 Å². The van der Waals surface area contributed by atoms with Crippen LogP contribution in [0.1, 0.15) is 11.1 Å². The summed E-state index contributed by atoms with van der Waals surface area (Å²) in [5.41, 5.74) is 1.83. The summed E-state index contributed by atoms with van der Waals surface area (Å²) in [4.78, 5) is 0. The number of rotatable bonds is 5. The molecule has 116 valence electrons. The van der Waals surface area contributed by atoms with Crippen molar-refractivity contribution >= 4 is 33.9 Å². The van der Waals surface area contributed by atoms with Gasteiger partial charge in [-0.1, -0.05) is 58.0 Å². The molecule has 0 radical (unpaired) electrons. The summed E-state index contributed by atoms with van der Waals surface area (Å²) in [6.07, 6.45) is 3.12. The minimum Gasteiger partial charge on any atom is -0.507 e. The summed E-state index contributed by atoms with van der Waals surface area (Å²) in [7, 11) is 0. The van der Waals surface area contributed by atoms with Gasteiger partial charge in [0.15, 0.2) is 0 Å². The van der Waals surface area contributed by atoms with Crippen molar-refractivity contribution in [1.82, 2.24) is 14.9 Å². The van der Waals surface area contributed by atoms with Crippen LogP contribution in [-0.4, -0.2) is 26.2 Å². The monoisotopic (exact) mass is 388 g/mol. The number of nitrogens with zero attached hydrogens (tertiary/aromatic N) is 4. The van der Waals surface area contributed by atoms with E-state index in [0.29, 0.717) is 10.7 Å². The summed E-state index contributed by atoms with van der Waals surface area (Å²) in [6.45, 7) is 0. The van der Waals surface area contributed by atoms with Crippen LogP contribution in [0.25, 0.3) is 0 Å². The summed E-state index contributed by atoms with van der Waals surface area (Å²) < 4.78 is 2.47. The highest BCUT2D eigenvalue weighted by atomic mass is 79.9. The molecule has 1 heterocycles. The van der Waals surface area contributed by atoms with Gasteiger partial charge in [0.1, 0.15) is 12.1 Å². The lowest BCUT2D eigenvalue weighted by Gasteiger charge is -2.02. The van der Waals surface area contributed by atoms with Crippen LogP contribution < -0.4 is 0 Å². The second-order valence-corrected chi connectivity index (χ2v) is 6.54. The highest BCUT2D eigenvalue weighted by Crippen LogP contribution is 2.22. The first-order valence-corrected chi connectivity index (χ1v) is 8.60. The summed E-state index contributed by atoms with van der Waals surface area (Å²) in [6, 6.07) is 15.3. The van der Waals surface area contributed by atoms with Crippen LogP contribution >= 0.6 is 27.7 Å². The third-order valence-electron chi connectivity index (χ3n) is 3.02. The Morgan fingerprint density at radius 2 is 2.04 bits per heavy atom. The zero-order valence-corrected chi connectivity index (χ0v) is 14.4. The number of halogens is 1. The van der Waals surface area contributed by atoms with Crippen LogP contribution in [0.4, 0.5) is 0 Å². The lowest BCUT2D eigenvalue weighted by atomic mass is 10.2. The Morgan fingerprint density at radius 3 is 2.87 bits per heavy atom. The molecule has 0 bridgehead atoms. The van der Waals surface area contributed by atoms with Crippen molar-refractivity contribution in [2.75, 3.05) is 0 Å². The molecule has 0 aliphatic carbocycles. The van der Waals surface area contributed by atoms with Gasteiger partial charge in [0.2, 0.25) is 5.16 Å². The molecule has 23 heavy (non-hydrogen) atoms. The molecule has 0 spiro atoms. The van der Waals surface area contributed by atoms with Crippen LogP contribution in [0, 0.1) is 0 Å². The SMILES string of the molecule is Oc1ccc(Br)cc1/C=N\n1cnnc1SCc1ccccc1. The maximum atomic E-state index is 9.83. The minimum absolute atomic E-state index is 0.170. The topological polar surface area (TPSA) is 63.3 Å². The van der Waals surface area contributed by atoms with E-state index in [-0.39, 0.29) is 5.75 Å². The van der Waals surface area contributed by atoms with Gasteiger partial charge in [-0.3, -0.25) is 0 Å². The van der Waals surface area contributed by atoms with E-state index in [1.165, 1.54) is 5.56 Å². The fraction of sp³-hybridized carbons (Fsp3) is 0.0625. The molecule has 3 aromatic rings. The first-order valence-electron chi connectivity index (χ1n) is 6.82. The average Bonchev–Trinajstić information content (AvgIpc) is 3.02. The maximum Gasteiger partial charge on any atom is 0.212 e. The number of aromatic nitrogens is 3. The Hall–Kier alpha value is -2.12. The van der Waals surface area contributed by atoms with Gasteiger partial charge in [0, 0.05) is 15.8 Å². The first kappa shape index (κ1) is 15.8. The van der Waals surface area contributed by atoms with E-state index < -0.39 is 0 Å². The Morgan fingerprint density at radius 1 is 1.22 bits per heavy atom. The molecule has 7 heteroatoms. The molecule has 0 aliphatic rings. The highest BCUT2D eigenvalue weighted by Gasteiger charge is 2.05. The van der Waals surface area contributed by atoms with Crippen molar-refractivity contribution in [3.8, 4) is 5.75 Å². The van der Waals surface area contributed by atoms with Crippen molar-refractivity contribution in [3.63, 3.8) is 0 Å². The standard InChI is InChI=1S/C16H13BrN4OS/c17-14-6-7-15(22)13(8-14)9-19-21-11-18-20-16(21)23-10-12-4-2-1-3-5-12/h1-9,11,22H,10H2/b19-9-. The number of hydrogen-bond acceptors (Lipinski definition) is 5. The molecule has 1 aromatic heterocycles. The van der Waals surface area contributed by atoms with Crippen molar-refractivity contribution in [2.45, 2.75) is 10.9 Å². The van der Waals surface area contributed by atoms with Crippen LogP contribution in [0.3, 0.4) is 0 Å². The van der Waals surface area contributed by atoms with Crippen molar-refractivity contribution < 1.29 is 5.11 Å². The average molecular weight is 389 g/mol. The fourth-order valence-corrected chi connectivity index (χ4v) is 3.07. The van der Waals surface area contributed by atoms with Gasteiger partial charge in [-0.05, 0) is 23.8 Å². The van der Waals surface area contributed by atoms with Gasteiger partial charge in [-0.25, -0.2) is 0 Å². The smallest absolute Gasteiger partial charge is 0.212 e. The van der Waals surface area contributed by atoms with Gasteiger partial charge >= 0.3 is 0 Å². The van der Waals surface area contributed by atoms with Gasteiger partial charge < -0.3 is 5.11 Å². The Labute approximate surface area is 146 Å². The van der Waals surface area contributed by atoms with E-state index in [1.807, 2.05) is 18.2 Å². The molecule has 0 fully saturated rings. The van der Waals surface area contributed by atoms with Crippen LogP contribution in [-0.2, 0) is 5.75 Å². The van der Waals surface area contributed by atoms with E-state index in [1.54, 1.807) is 47.2 Å². The van der Waals surface area contributed by atoms with E-state index in [4.69, 9.17) is 0 Å². The molecule has 0 saturated heterocycles. The highest BCUT2D eigenvalue weighted by molar-refractivity contribution is 9.10. The molecule has 3 rings (SSSR count). The summed E-state index contributed by atoms with van der Waals surface area (Å²) >= 11 is 4.93. The van der Waals surface area contributed by atoms with Gasteiger partial charge in [-0.2, -0.15) is 9.78 Å². The quantitative estimate of drug-likeness (QED) is 0.531. The predicted octanol–water partition coefficient (Wildman–Crippen LogP) is 3.92. The van der Waals surface area contributed by atoms with Crippen molar-refractivity contribution in [1.29, 1.82) is 0 Å². The normalized spacial score (nSPS) is 11.2. The zero-order chi connectivity index (χ0) is 16.1. The first-order chi connectivity index (χ1) is 11.2. The maximum absolute atomic E-state index is 9.83. The third-order valence-corrected chi connectivity index (χ3v) is 4.52. The molecular weight excluding hydrogens is 376 g/mol. The van der Waals surface area contributed by atoms with Gasteiger partial charge in [0.05, 0.1) is 6.21 Å². The van der Waals surface area contributed by atoms with Crippen molar-refractivity contribution in [3.05, 3.63) is 70.5 Å². The molecule has 0 amide bonds. The second kappa shape index (κ2) is 7.43. The van der Waals surface area contributed by atoms with E-state index >= 15 is 0 Å². The van der Waals surface area contributed by atoms with E-state index in [2.05, 4.69) is 43.4 Å². The molecule has 0 saturated carbocycles. The zero-order valence-electron chi connectivity index (χ0n) is 12.0. The van der Waals surface area contributed by atoms with Gasteiger partial charge in [-0.15, -0.1) is 10.2 Å². The van der Waals surface area contributed by atoms with Crippen LogP contribution in [0.5, 0.6) is 5.75 Å². The molecule has 2 aromatic carbocycles.